The maximum atomic E-state index is 10.6. The SMILES string of the molecule is Nc1cc(NCC2CC2)cc([N+](=O)[O-])c1. The summed E-state index contributed by atoms with van der Waals surface area (Å²) in [4.78, 5) is 10.1. The molecule has 5 heteroatoms. The minimum Gasteiger partial charge on any atom is -0.398 e. The van der Waals surface area contributed by atoms with Gasteiger partial charge in [0.2, 0.25) is 0 Å². The van der Waals surface area contributed by atoms with E-state index in [1.165, 1.54) is 25.0 Å². The van der Waals surface area contributed by atoms with Gasteiger partial charge in [-0.3, -0.25) is 10.1 Å². The van der Waals surface area contributed by atoms with E-state index in [9.17, 15) is 10.1 Å². The molecule has 0 aliphatic heterocycles. The lowest BCUT2D eigenvalue weighted by Gasteiger charge is -2.05. The molecular formula is C10H13N3O2. The predicted octanol–water partition coefficient (Wildman–Crippen LogP) is 2.00. The summed E-state index contributed by atoms with van der Waals surface area (Å²) in [5.41, 5.74) is 6.76. The van der Waals surface area contributed by atoms with E-state index in [4.69, 9.17) is 5.73 Å². The van der Waals surface area contributed by atoms with E-state index in [-0.39, 0.29) is 5.69 Å². The van der Waals surface area contributed by atoms with Crippen LogP contribution in [-0.2, 0) is 0 Å². The molecule has 1 aliphatic carbocycles. The largest absolute Gasteiger partial charge is 0.398 e. The highest BCUT2D eigenvalue weighted by atomic mass is 16.6. The monoisotopic (exact) mass is 207 g/mol. The minimum atomic E-state index is -0.432. The Labute approximate surface area is 87.4 Å². The first kappa shape index (κ1) is 9.76. The molecule has 1 aromatic carbocycles. The lowest BCUT2D eigenvalue weighted by molar-refractivity contribution is -0.384. The van der Waals surface area contributed by atoms with Crippen LogP contribution < -0.4 is 11.1 Å². The first-order valence-corrected chi connectivity index (χ1v) is 4.94. The molecule has 0 radical (unpaired) electrons. The Kier molecular flexibility index (Phi) is 2.45. The summed E-state index contributed by atoms with van der Waals surface area (Å²) in [5, 5.41) is 13.7. The van der Waals surface area contributed by atoms with Crippen molar-refractivity contribution in [3.8, 4) is 0 Å². The lowest BCUT2D eigenvalue weighted by Crippen LogP contribution is -2.04. The Bertz CT molecular complexity index is 388. The van der Waals surface area contributed by atoms with Crippen LogP contribution in [0.2, 0.25) is 0 Å². The van der Waals surface area contributed by atoms with E-state index in [0.29, 0.717) is 5.69 Å². The van der Waals surface area contributed by atoms with Crippen molar-refractivity contribution in [1.82, 2.24) is 0 Å². The molecule has 2 rings (SSSR count). The highest BCUT2D eigenvalue weighted by Crippen LogP contribution is 2.30. The summed E-state index contributed by atoms with van der Waals surface area (Å²) in [7, 11) is 0. The number of nitrogens with zero attached hydrogens (tertiary/aromatic N) is 1. The zero-order valence-electron chi connectivity index (χ0n) is 8.27. The van der Waals surface area contributed by atoms with Gasteiger partial charge < -0.3 is 11.1 Å². The van der Waals surface area contributed by atoms with E-state index in [1.807, 2.05) is 0 Å². The maximum absolute atomic E-state index is 10.6. The summed E-state index contributed by atoms with van der Waals surface area (Å²) in [6, 6.07) is 4.59. The van der Waals surface area contributed by atoms with Crippen LogP contribution >= 0.6 is 0 Å². The zero-order chi connectivity index (χ0) is 10.8. The predicted molar refractivity (Wildman–Crippen MR) is 58.7 cm³/mol. The number of nitrogen functional groups attached to an aromatic ring is 1. The van der Waals surface area contributed by atoms with Gasteiger partial charge in [0.25, 0.3) is 5.69 Å². The second kappa shape index (κ2) is 3.76. The highest BCUT2D eigenvalue weighted by molar-refractivity contribution is 5.61. The molecule has 15 heavy (non-hydrogen) atoms. The van der Waals surface area contributed by atoms with Crippen molar-refractivity contribution in [1.29, 1.82) is 0 Å². The van der Waals surface area contributed by atoms with Gasteiger partial charge >= 0.3 is 0 Å². The molecule has 1 saturated carbocycles. The molecule has 0 saturated heterocycles. The summed E-state index contributed by atoms with van der Waals surface area (Å²) in [6.45, 7) is 0.876. The van der Waals surface area contributed by atoms with Gasteiger partial charge in [-0.1, -0.05) is 0 Å². The Balaban J connectivity index is 2.10. The van der Waals surface area contributed by atoms with Crippen LogP contribution in [0.15, 0.2) is 18.2 Å². The van der Waals surface area contributed by atoms with Gasteiger partial charge in [0.05, 0.1) is 4.92 Å². The number of hydrogen-bond acceptors (Lipinski definition) is 4. The third-order valence-corrected chi connectivity index (χ3v) is 2.44. The number of nitro groups is 1. The molecule has 0 spiro atoms. The summed E-state index contributed by atoms with van der Waals surface area (Å²) < 4.78 is 0. The number of anilines is 2. The first-order chi connectivity index (χ1) is 7.15. The van der Waals surface area contributed by atoms with Gasteiger partial charge in [-0.05, 0) is 24.8 Å². The van der Waals surface area contributed by atoms with Gasteiger partial charge in [0.15, 0.2) is 0 Å². The molecule has 3 N–H and O–H groups in total. The molecule has 0 amide bonds. The fourth-order valence-electron chi connectivity index (χ4n) is 1.43. The maximum Gasteiger partial charge on any atom is 0.273 e. The van der Waals surface area contributed by atoms with E-state index < -0.39 is 4.92 Å². The Morgan fingerprint density at radius 3 is 2.80 bits per heavy atom. The van der Waals surface area contributed by atoms with Crippen molar-refractivity contribution in [2.75, 3.05) is 17.6 Å². The van der Waals surface area contributed by atoms with Crippen molar-refractivity contribution < 1.29 is 4.92 Å². The zero-order valence-corrected chi connectivity index (χ0v) is 8.27. The molecule has 0 atom stereocenters. The van der Waals surface area contributed by atoms with Crippen LogP contribution in [0.25, 0.3) is 0 Å². The molecule has 1 aliphatic rings. The Hall–Kier alpha value is -1.78. The van der Waals surface area contributed by atoms with Crippen LogP contribution in [-0.4, -0.2) is 11.5 Å². The van der Waals surface area contributed by atoms with Crippen LogP contribution in [0, 0.1) is 16.0 Å². The summed E-state index contributed by atoms with van der Waals surface area (Å²) >= 11 is 0. The van der Waals surface area contributed by atoms with Crippen molar-refractivity contribution in [2.45, 2.75) is 12.8 Å². The fraction of sp³-hybridized carbons (Fsp3) is 0.400. The van der Waals surface area contributed by atoms with E-state index in [0.717, 1.165) is 18.2 Å². The number of nitrogens with two attached hydrogens (primary N) is 1. The molecular weight excluding hydrogens is 194 g/mol. The van der Waals surface area contributed by atoms with Crippen LogP contribution in [0.3, 0.4) is 0 Å². The van der Waals surface area contributed by atoms with Gasteiger partial charge in [-0.25, -0.2) is 0 Å². The van der Waals surface area contributed by atoms with Crippen LogP contribution in [0.1, 0.15) is 12.8 Å². The van der Waals surface area contributed by atoms with Crippen molar-refractivity contribution in [2.24, 2.45) is 5.92 Å². The molecule has 80 valence electrons. The number of nitrogens with one attached hydrogen (secondary N) is 1. The summed E-state index contributed by atoms with van der Waals surface area (Å²) in [6.07, 6.45) is 2.49. The topological polar surface area (TPSA) is 81.2 Å². The van der Waals surface area contributed by atoms with E-state index in [1.54, 1.807) is 6.07 Å². The molecule has 5 nitrogen and oxygen atoms in total. The second-order valence-electron chi connectivity index (χ2n) is 3.89. The standard InChI is InChI=1S/C10H13N3O2/c11-8-3-9(12-6-7-1-2-7)5-10(4-8)13(14)15/h3-5,7,12H,1-2,6,11H2. The third kappa shape index (κ3) is 2.59. The molecule has 1 aromatic rings. The van der Waals surface area contributed by atoms with Crippen molar-refractivity contribution in [3.63, 3.8) is 0 Å². The Morgan fingerprint density at radius 2 is 2.20 bits per heavy atom. The van der Waals surface area contributed by atoms with Crippen molar-refractivity contribution >= 4 is 17.1 Å². The van der Waals surface area contributed by atoms with Crippen LogP contribution in [0.4, 0.5) is 17.1 Å². The summed E-state index contributed by atoms with van der Waals surface area (Å²) in [5.74, 6) is 0.727. The number of benzene rings is 1. The number of hydrogen-bond donors (Lipinski definition) is 2. The lowest BCUT2D eigenvalue weighted by atomic mass is 10.2. The molecule has 1 fully saturated rings. The average Bonchev–Trinajstić information content (AvgIpc) is 2.97. The molecule has 0 aromatic heterocycles. The van der Waals surface area contributed by atoms with E-state index >= 15 is 0 Å². The first-order valence-electron chi connectivity index (χ1n) is 4.94. The second-order valence-corrected chi connectivity index (χ2v) is 3.89. The quantitative estimate of drug-likeness (QED) is 0.449. The van der Waals surface area contributed by atoms with Gasteiger partial charge in [-0.15, -0.1) is 0 Å². The van der Waals surface area contributed by atoms with Crippen LogP contribution in [0.5, 0.6) is 0 Å². The van der Waals surface area contributed by atoms with E-state index in [2.05, 4.69) is 5.32 Å². The minimum absolute atomic E-state index is 0.0355. The average molecular weight is 207 g/mol. The number of non-ortho nitro benzene ring substituents is 1. The fourth-order valence-corrected chi connectivity index (χ4v) is 1.43. The van der Waals surface area contributed by atoms with Gasteiger partial charge in [-0.2, -0.15) is 0 Å². The number of nitro benzene ring substituents is 1. The third-order valence-electron chi connectivity index (χ3n) is 2.44. The van der Waals surface area contributed by atoms with Gasteiger partial charge in [0, 0.05) is 30.1 Å². The van der Waals surface area contributed by atoms with Crippen molar-refractivity contribution in [3.05, 3.63) is 28.3 Å². The molecule has 0 bridgehead atoms. The van der Waals surface area contributed by atoms with Gasteiger partial charge in [0.1, 0.15) is 0 Å². The highest BCUT2D eigenvalue weighted by Gasteiger charge is 2.20. The number of rotatable bonds is 4. The normalized spacial score (nSPS) is 14.9. The molecule has 0 heterocycles. The Morgan fingerprint density at radius 1 is 1.47 bits per heavy atom. The smallest absolute Gasteiger partial charge is 0.273 e. The molecule has 0 unspecified atom stereocenters.